The van der Waals surface area contributed by atoms with E-state index in [0.717, 1.165) is 22.6 Å². The number of benzene rings is 1. The fourth-order valence-corrected chi connectivity index (χ4v) is 1.60. The van der Waals surface area contributed by atoms with Crippen molar-refractivity contribution >= 4 is 5.82 Å². The first-order chi connectivity index (χ1) is 8.24. The van der Waals surface area contributed by atoms with Crippen LogP contribution < -0.4 is 15.2 Å². The van der Waals surface area contributed by atoms with Gasteiger partial charge in [-0.05, 0) is 11.6 Å². The molecule has 0 unspecified atom stereocenters. The highest BCUT2D eigenvalue weighted by atomic mass is 16.5. The van der Waals surface area contributed by atoms with E-state index in [2.05, 4.69) is 5.16 Å². The van der Waals surface area contributed by atoms with Crippen LogP contribution in [0.15, 0.2) is 29.0 Å². The van der Waals surface area contributed by atoms with Crippen molar-refractivity contribution in [2.24, 2.45) is 0 Å². The van der Waals surface area contributed by atoms with E-state index in [0.29, 0.717) is 12.2 Å². The number of ether oxygens (including phenoxy) is 2. The zero-order valence-corrected chi connectivity index (χ0v) is 9.77. The Morgan fingerprint density at radius 3 is 2.65 bits per heavy atom. The van der Waals surface area contributed by atoms with Gasteiger partial charge in [0.1, 0.15) is 17.8 Å². The lowest BCUT2D eigenvalue weighted by Gasteiger charge is -2.09. The molecule has 5 heteroatoms. The molecule has 0 atom stereocenters. The van der Waals surface area contributed by atoms with Crippen molar-refractivity contribution in [2.45, 2.75) is 6.42 Å². The summed E-state index contributed by atoms with van der Waals surface area (Å²) >= 11 is 0. The molecule has 5 nitrogen and oxygen atoms in total. The molecule has 0 aliphatic heterocycles. The van der Waals surface area contributed by atoms with Gasteiger partial charge in [-0.3, -0.25) is 0 Å². The molecule has 0 aliphatic rings. The van der Waals surface area contributed by atoms with Gasteiger partial charge in [-0.25, -0.2) is 0 Å². The maximum Gasteiger partial charge on any atom is 0.170 e. The van der Waals surface area contributed by atoms with E-state index in [1.165, 1.54) is 0 Å². The lowest BCUT2D eigenvalue weighted by atomic mass is 10.1. The molecule has 0 radical (unpaired) electrons. The van der Waals surface area contributed by atoms with Crippen molar-refractivity contribution in [3.05, 3.63) is 35.6 Å². The number of methoxy groups -OCH3 is 2. The molecule has 0 saturated carbocycles. The summed E-state index contributed by atoms with van der Waals surface area (Å²) in [4.78, 5) is 0. The molecule has 0 aliphatic carbocycles. The molecular formula is C12H14N2O3. The lowest BCUT2D eigenvalue weighted by molar-refractivity contribution is 0.391. The smallest absolute Gasteiger partial charge is 0.170 e. The van der Waals surface area contributed by atoms with Gasteiger partial charge in [-0.2, -0.15) is 0 Å². The molecule has 2 N–H and O–H groups in total. The highest BCUT2D eigenvalue weighted by molar-refractivity contribution is 5.46. The number of nitrogens with two attached hydrogens (primary N) is 1. The van der Waals surface area contributed by atoms with Crippen LogP contribution in [0.4, 0.5) is 5.82 Å². The molecule has 17 heavy (non-hydrogen) atoms. The number of aromatic nitrogens is 1. The van der Waals surface area contributed by atoms with Gasteiger partial charge in [0.25, 0.3) is 0 Å². The number of nitrogens with zero attached hydrogens (tertiary/aromatic N) is 1. The molecule has 0 bridgehead atoms. The van der Waals surface area contributed by atoms with Crippen LogP contribution >= 0.6 is 0 Å². The average molecular weight is 234 g/mol. The number of anilines is 1. The summed E-state index contributed by atoms with van der Waals surface area (Å²) in [5.41, 5.74) is 7.51. The summed E-state index contributed by atoms with van der Waals surface area (Å²) in [6.45, 7) is 0. The third-order valence-electron chi connectivity index (χ3n) is 2.55. The monoisotopic (exact) mass is 234 g/mol. The van der Waals surface area contributed by atoms with E-state index in [1.807, 2.05) is 18.2 Å². The second kappa shape index (κ2) is 4.78. The predicted molar refractivity (Wildman–Crippen MR) is 63.3 cm³/mol. The fourth-order valence-electron chi connectivity index (χ4n) is 1.60. The van der Waals surface area contributed by atoms with Gasteiger partial charge in [-0.1, -0.05) is 11.2 Å². The third kappa shape index (κ3) is 2.33. The molecule has 2 aromatic rings. The first-order valence-electron chi connectivity index (χ1n) is 5.14. The van der Waals surface area contributed by atoms with Crippen LogP contribution in [0, 0.1) is 0 Å². The largest absolute Gasteiger partial charge is 0.497 e. The maximum absolute atomic E-state index is 5.67. The molecule has 1 aromatic heterocycles. The molecule has 2 rings (SSSR count). The van der Waals surface area contributed by atoms with Crippen molar-refractivity contribution in [3.63, 3.8) is 0 Å². The Balaban J connectivity index is 2.29. The number of nitrogen functional groups attached to an aromatic ring is 1. The standard InChI is InChI=1S/C12H14N2O3/c1-15-10-4-3-8(11(6-10)16-2)5-9-7-17-14-12(9)13/h3-4,6-7H,5H2,1-2H3,(H2,13,14). The average Bonchev–Trinajstić information content (AvgIpc) is 2.75. The zero-order chi connectivity index (χ0) is 12.3. The summed E-state index contributed by atoms with van der Waals surface area (Å²) in [5.74, 6) is 1.91. The van der Waals surface area contributed by atoms with E-state index in [9.17, 15) is 0 Å². The minimum atomic E-state index is 0.405. The maximum atomic E-state index is 5.67. The van der Waals surface area contributed by atoms with Crippen LogP contribution in [-0.2, 0) is 6.42 Å². The number of hydrogen-bond acceptors (Lipinski definition) is 5. The molecule has 0 spiro atoms. The Morgan fingerprint density at radius 1 is 1.24 bits per heavy atom. The minimum absolute atomic E-state index is 0.405. The Hall–Kier alpha value is -2.17. The third-order valence-corrected chi connectivity index (χ3v) is 2.55. The van der Waals surface area contributed by atoms with Crippen molar-refractivity contribution in [2.75, 3.05) is 20.0 Å². The van der Waals surface area contributed by atoms with E-state index in [-0.39, 0.29) is 0 Å². The topological polar surface area (TPSA) is 70.5 Å². The van der Waals surface area contributed by atoms with Crippen LogP contribution in [0.2, 0.25) is 0 Å². The Labute approximate surface area is 99.1 Å². The van der Waals surface area contributed by atoms with Crippen LogP contribution in [0.25, 0.3) is 0 Å². The van der Waals surface area contributed by atoms with E-state index in [4.69, 9.17) is 19.7 Å². The molecule has 1 aromatic carbocycles. The van der Waals surface area contributed by atoms with Gasteiger partial charge < -0.3 is 19.7 Å². The summed E-state index contributed by atoms with van der Waals surface area (Å²) in [6.07, 6.45) is 2.15. The van der Waals surface area contributed by atoms with Gasteiger partial charge in [0, 0.05) is 18.1 Å². The van der Waals surface area contributed by atoms with Crippen molar-refractivity contribution in [1.29, 1.82) is 0 Å². The Kier molecular flexibility index (Phi) is 3.18. The van der Waals surface area contributed by atoms with Crippen LogP contribution in [0.3, 0.4) is 0 Å². The van der Waals surface area contributed by atoms with Gasteiger partial charge in [0.15, 0.2) is 5.82 Å². The normalized spacial score (nSPS) is 10.2. The second-order valence-electron chi connectivity index (χ2n) is 3.58. The van der Waals surface area contributed by atoms with E-state index >= 15 is 0 Å². The molecule has 0 amide bonds. The molecule has 1 heterocycles. The summed E-state index contributed by atoms with van der Waals surface area (Å²) in [5, 5.41) is 3.64. The first kappa shape index (κ1) is 11.3. The second-order valence-corrected chi connectivity index (χ2v) is 3.58. The van der Waals surface area contributed by atoms with Crippen molar-refractivity contribution in [3.8, 4) is 11.5 Å². The number of hydrogen-bond donors (Lipinski definition) is 1. The first-order valence-corrected chi connectivity index (χ1v) is 5.14. The highest BCUT2D eigenvalue weighted by Gasteiger charge is 2.10. The van der Waals surface area contributed by atoms with Crippen LogP contribution in [0.1, 0.15) is 11.1 Å². The van der Waals surface area contributed by atoms with Gasteiger partial charge >= 0.3 is 0 Å². The van der Waals surface area contributed by atoms with Crippen molar-refractivity contribution < 1.29 is 14.0 Å². The highest BCUT2D eigenvalue weighted by Crippen LogP contribution is 2.27. The summed E-state index contributed by atoms with van der Waals surface area (Å²) < 4.78 is 15.2. The quantitative estimate of drug-likeness (QED) is 0.874. The number of rotatable bonds is 4. The fraction of sp³-hybridized carbons (Fsp3) is 0.250. The minimum Gasteiger partial charge on any atom is -0.497 e. The molecule has 0 saturated heterocycles. The molecule has 90 valence electrons. The SMILES string of the molecule is COc1ccc(Cc2conc2N)c(OC)c1. The van der Waals surface area contributed by atoms with Crippen LogP contribution in [0.5, 0.6) is 11.5 Å². The predicted octanol–water partition coefficient (Wildman–Crippen LogP) is 1.86. The van der Waals surface area contributed by atoms with Gasteiger partial charge in [-0.15, -0.1) is 0 Å². The zero-order valence-electron chi connectivity index (χ0n) is 9.77. The Bertz CT molecular complexity index is 508. The van der Waals surface area contributed by atoms with Crippen LogP contribution in [-0.4, -0.2) is 19.4 Å². The lowest BCUT2D eigenvalue weighted by Crippen LogP contribution is -1.97. The Morgan fingerprint density at radius 2 is 2.06 bits per heavy atom. The van der Waals surface area contributed by atoms with Gasteiger partial charge in [0.05, 0.1) is 14.2 Å². The molecular weight excluding hydrogens is 220 g/mol. The van der Waals surface area contributed by atoms with Gasteiger partial charge in [0.2, 0.25) is 0 Å². The van der Waals surface area contributed by atoms with Crippen molar-refractivity contribution in [1.82, 2.24) is 5.16 Å². The summed E-state index contributed by atoms with van der Waals surface area (Å²) in [7, 11) is 3.24. The summed E-state index contributed by atoms with van der Waals surface area (Å²) in [6, 6.07) is 5.64. The van der Waals surface area contributed by atoms with E-state index in [1.54, 1.807) is 20.5 Å². The molecule has 0 fully saturated rings. The van der Waals surface area contributed by atoms with E-state index < -0.39 is 0 Å².